The van der Waals surface area contributed by atoms with Gasteiger partial charge in [0.05, 0.1) is 12.1 Å². The number of nitrogens with zero attached hydrogens (tertiary/aromatic N) is 3. The van der Waals surface area contributed by atoms with Gasteiger partial charge in [-0.2, -0.15) is 0 Å². The third-order valence-electron chi connectivity index (χ3n) is 3.24. The molecule has 1 atom stereocenters. The summed E-state index contributed by atoms with van der Waals surface area (Å²) in [6, 6.07) is 4.45. The maximum absolute atomic E-state index is 11.2. The Kier molecular flexibility index (Phi) is 4.32. The fraction of sp³-hybridized carbons (Fsp3) is 0.286. The van der Waals surface area contributed by atoms with Crippen LogP contribution in [0, 0.1) is 6.92 Å². The SMILES string of the molecule is Cc1n(Cc2ccccn2)cc[n+]1C(CC(=O)O)C(=O)O. The molecule has 0 fully saturated rings. The van der Waals surface area contributed by atoms with Gasteiger partial charge in [-0.15, -0.1) is 0 Å². The number of aromatic nitrogens is 3. The molecule has 2 rings (SSSR count). The van der Waals surface area contributed by atoms with Crippen molar-refractivity contribution in [2.45, 2.75) is 25.9 Å². The van der Waals surface area contributed by atoms with Crippen LogP contribution in [0.5, 0.6) is 0 Å². The molecule has 2 heterocycles. The van der Waals surface area contributed by atoms with Crippen molar-refractivity contribution in [3.8, 4) is 0 Å². The van der Waals surface area contributed by atoms with Crippen molar-refractivity contribution in [1.29, 1.82) is 0 Å². The molecule has 110 valence electrons. The fourth-order valence-electron chi connectivity index (χ4n) is 2.15. The fourth-order valence-corrected chi connectivity index (χ4v) is 2.15. The Balaban J connectivity index is 2.26. The number of carboxylic acid groups (broad SMARTS) is 2. The van der Waals surface area contributed by atoms with Crippen LogP contribution < -0.4 is 4.57 Å². The standard InChI is InChI=1S/C14H15N3O4/c1-10-16(9-11-4-2-3-5-15-11)6-7-17(10)12(14(20)21)8-13(18)19/h2-7,12H,8-9H2,1H3,(H-,18,19,20,21)/p+1. The van der Waals surface area contributed by atoms with Crippen LogP contribution in [-0.2, 0) is 16.1 Å². The summed E-state index contributed by atoms with van der Waals surface area (Å²) in [6.07, 6.45) is 4.53. The summed E-state index contributed by atoms with van der Waals surface area (Å²) >= 11 is 0. The number of carbonyl (C=O) groups is 2. The maximum Gasteiger partial charge on any atom is 0.349 e. The minimum Gasteiger partial charge on any atom is -0.481 e. The monoisotopic (exact) mass is 290 g/mol. The van der Waals surface area contributed by atoms with Gasteiger partial charge in [-0.3, -0.25) is 9.78 Å². The smallest absolute Gasteiger partial charge is 0.349 e. The van der Waals surface area contributed by atoms with E-state index in [0.717, 1.165) is 5.69 Å². The number of pyridine rings is 1. The average molecular weight is 290 g/mol. The lowest BCUT2D eigenvalue weighted by Gasteiger charge is -2.08. The van der Waals surface area contributed by atoms with Crippen molar-refractivity contribution in [1.82, 2.24) is 9.55 Å². The number of hydrogen-bond donors (Lipinski definition) is 2. The van der Waals surface area contributed by atoms with Crippen molar-refractivity contribution < 1.29 is 24.4 Å². The normalized spacial score (nSPS) is 12.0. The van der Waals surface area contributed by atoms with Gasteiger partial charge in [0.25, 0.3) is 5.82 Å². The molecule has 0 aliphatic carbocycles. The van der Waals surface area contributed by atoms with Crippen LogP contribution in [0.15, 0.2) is 36.8 Å². The number of aliphatic carboxylic acids is 2. The van der Waals surface area contributed by atoms with Gasteiger partial charge < -0.3 is 10.2 Å². The van der Waals surface area contributed by atoms with E-state index in [2.05, 4.69) is 4.98 Å². The second-order valence-electron chi connectivity index (χ2n) is 4.65. The number of imidazole rings is 1. The van der Waals surface area contributed by atoms with Crippen LogP contribution in [0.1, 0.15) is 24.0 Å². The van der Waals surface area contributed by atoms with E-state index in [4.69, 9.17) is 5.11 Å². The highest BCUT2D eigenvalue weighted by molar-refractivity contribution is 5.77. The maximum atomic E-state index is 11.2. The molecular formula is C14H16N3O4+. The van der Waals surface area contributed by atoms with E-state index in [9.17, 15) is 14.7 Å². The van der Waals surface area contributed by atoms with Gasteiger partial charge >= 0.3 is 11.9 Å². The van der Waals surface area contributed by atoms with Crippen LogP contribution in [0.4, 0.5) is 0 Å². The van der Waals surface area contributed by atoms with E-state index >= 15 is 0 Å². The molecule has 0 aromatic carbocycles. The van der Waals surface area contributed by atoms with Crippen LogP contribution >= 0.6 is 0 Å². The second-order valence-corrected chi connectivity index (χ2v) is 4.65. The summed E-state index contributed by atoms with van der Waals surface area (Å²) in [5, 5.41) is 18.0. The van der Waals surface area contributed by atoms with Crippen molar-refractivity contribution in [3.05, 3.63) is 48.3 Å². The third kappa shape index (κ3) is 3.44. The highest BCUT2D eigenvalue weighted by Crippen LogP contribution is 2.08. The first kappa shape index (κ1) is 14.7. The van der Waals surface area contributed by atoms with Crippen LogP contribution in [0.25, 0.3) is 0 Å². The lowest BCUT2D eigenvalue weighted by molar-refractivity contribution is -0.715. The van der Waals surface area contributed by atoms with Crippen molar-refractivity contribution in [3.63, 3.8) is 0 Å². The number of hydrogen-bond acceptors (Lipinski definition) is 3. The molecule has 0 saturated carbocycles. The Morgan fingerprint density at radius 1 is 1.38 bits per heavy atom. The lowest BCUT2D eigenvalue weighted by atomic mass is 10.2. The molecule has 0 radical (unpaired) electrons. The lowest BCUT2D eigenvalue weighted by Crippen LogP contribution is -2.46. The predicted molar refractivity (Wildman–Crippen MR) is 71.6 cm³/mol. The van der Waals surface area contributed by atoms with Crippen LogP contribution in [-0.4, -0.2) is 31.7 Å². The van der Waals surface area contributed by atoms with Gasteiger partial charge in [-0.05, 0) is 12.1 Å². The Morgan fingerprint density at radius 2 is 2.14 bits per heavy atom. The van der Waals surface area contributed by atoms with E-state index in [-0.39, 0.29) is 0 Å². The van der Waals surface area contributed by atoms with Gasteiger partial charge in [-0.25, -0.2) is 13.9 Å². The van der Waals surface area contributed by atoms with E-state index in [1.54, 1.807) is 25.5 Å². The van der Waals surface area contributed by atoms with Crippen molar-refractivity contribution >= 4 is 11.9 Å². The Hall–Kier alpha value is -2.70. The van der Waals surface area contributed by atoms with Gasteiger partial charge in [-0.1, -0.05) is 6.07 Å². The molecule has 7 nitrogen and oxygen atoms in total. The Bertz CT molecular complexity index is 651. The zero-order valence-electron chi connectivity index (χ0n) is 11.5. The molecule has 21 heavy (non-hydrogen) atoms. The second kappa shape index (κ2) is 6.17. The quantitative estimate of drug-likeness (QED) is 0.761. The van der Waals surface area contributed by atoms with E-state index in [1.165, 1.54) is 4.57 Å². The largest absolute Gasteiger partial charge is 0.481 e. The van der Waals surface area contributed by atoms with Crippen molar-refractivity contribution in [2.24, 2.45) is 0 Å². The molecule has 2 aromatic rings. The highest BCUT2D eigenvalue weighted by atomic mass is 16.4. The molecule has 0 spiro atoms. The van der Waals surface area contributed by atoms with E-state index in [1.807, 2.05) is 22.8 Å². The molecule has 7 heteroatoms. The van der Waals surface area contributed by atoms with Gasteiger partial charge in [0.2, 0.25) is 6.04 Å². The molecule has 2 N–H and O–H groups in total. The zero-order chi connectivity index (χ0) is 15.4. The zero-order valence-corrected chi connectivity index (χ0v) is 11.5. The molecule has 0 bridgehead atoms. The first-order valence-corrected chi connectivity index (χ1v) is 6.40. The van der Waals surface area contributed by atoms with Crippen LogP contribution in [0.3, 0.4) is 0 Å². The third-order valence-corrected chi connectivity index (χ3v) is 3.24. The average Bonchev–Trinajstić information content (AvgIpc) is 2.78. The minimum absolute atomic E-state index is 0.464. The molecule has 0 aliphatic heterocycles. The van der Waals surface area contributed by atoms with E-state index in [0.29, 0.717) is 12.4 Å². The van der Waals surface area contributed by atoms with Crippen LogP contribution in [0.2, 0.25) is 0 Å². The topological polar surface area (TPSA) is 96.3 Å². The predicted octanol–water partition coefficient (Wildman–Crippen LogP) is 0.628. The first-order chi connectivity index (χ1) is 9.99. The summed E-state index contributed by atoms with van der Waals surface area (Å²) < 4.78 is 3.29. The summed E-state index contributed by atoms with van der Waals surface area (Å²) in [6.45, 7) is 2.25. The highest BCUT2D eigenvalue weighted by Gasteiger charge is 2.30. The molecule has 2 aromatic heterocycles. The summed E-state index contributed by atoms with van der Waals surface area (Å²) in [4.78, 5) is 26.3. The summed E-state index contributed by atoms with van der Waals surface area (Å²) in [5.74, 6) is -1.65. The van der Waals surface area contributed by atoms with E-state index < -0.39 is 24.4 Å². The first-order valence-electron chi connectivity index (χ1n) is 6.40. The minimum atomic E-state index is -1.17. The van der Waals surface area contributed by atoms with Crippen molar-refractivity contribution in [2.75, 3.05) is 0 Å². The van der Waals surface area contributed by atoms with Gasteiger partial charge in [0, 0.05) is 13.1 Å². The Labute approximate surface area is 121 Å². The van der Waals surface area contributed by atoms with Gasteiger partial charge in [0.15, 0.2) is 0 Å². The number of rotatable bonds is 6. The molecular weight excluding hydrogens is 274 g/mol. The summed E-state index contributed by atoms with van der Waals surface area (Å²) in [7, 11) is 0. The summed E-state index contributed by atoms with van der Waals surface area (Å²) in [5.41, 5.74) is 0.841. The molecule has 0 amide bonds. The van der Waals surface area contributed by atoms with Gasteiger partial charge in [0.1, 0.15) is 18.9 Å². The molecule has 1 unspecified atom stereocenters. The molecule has 0 saturated heterocycles. The molecule has 0 aliphatic rings. The Morgan fingerprint density at radius 3 is 2.71 bits per heavy atom. The number of carboxylic acids is 2.